The van der Waals surface area contributed by atoms with E-state index in [1.807, 2.05) is 0 Å². The number of carbonyl (C=O) groups excluding carboxylic acids is 1. The molecular formula is C15H26O3. The van der Waals surface area contributed by atoms with Gasteiger partial charge in [0.1, 0.15) is 5.78 Å². The molecule has 2 aliphatic rings. The van der Waals surface area contributed by atoms with Crippen LogP contribution in [0.15, 0.2) is 0 Å². The molecule has 3 nitrogen and oxygen atoms in total. The smallest absolute Gasteiger partial charge is 0.138 e. The molecule has 0 saturated carbocycles. The fraction of sp³-hybridized carbons (Fsp3) is 0.933. The summed E-state index contributed by atoms with van der Waals surface area (Å²) in [4.78, 5) is 12.4. The zero-order chi connectivity index (χ0) is 13.0. The van der Waals surface area contributed by atoms with Gasteiger partial charge in [-0.3, -0.25) is 4.79 Å². The standard InChI is InChI=1S/C15H26O3/c1-3-4-12(2)14(16)13-5-8-18-15(11-13)6-9-17-10-7-15/h12-13H,3-11H2,1-2H3. The lowest BCUT2D eigenvalue weighted by Gasteiger charge is -2.43. The van der Waals surface area contributed by atoms with Gasteiger partial charge in [-0.1, -0.05) is 20.3 Å². The van der Waals surface area contributed by atoms with Crippen molar-refractivity contribution in [3.05, 3.63) is 0 Å². The van der Waals surface area contributed by atoms with E-state index in [4.69, 9.17) is 9.47 Å². The van der Waals surface area contributed by atoms with Gasteiger partial charge >= 0.3 is 0 Å². The fourth-order valence-electron chi connectivity index (χ4n) is 3.34. The number of rotatable bonds is 4. The molecule has 2 heterocycles. The van der Waals surface area contributed by atoms with E-state index in [0.29, 0.717) is 5.78 Å². The third-order valence-electron chi connectivity index (χ3n) is 4.51. The molecule has 2 rings (SSSR count). The minimum Gasteiger partial charge on any atom is -0.381 e. The molecule has 1 spiro atoms. The van der Waals surface area contributed by atoms with Crippen LogP contribution in [0.4, 0.5) is 0 Å². The predicted molar refractivity (Wildman–Crippen MR) is 70.5 cm³/mol. The molecule has 104 valence electrons. The maximum atomic E-state index is 12.4. The first-order chi connectivity index (χ1) is 8.67. The van der Waals surface area contributed by atoms with Crippen LogP contribution in [0.5, 0.6) is 0 Å². The monoisotopic (exact) mass is 254 g/mol. The average molecular weight is 254 g/mol. The largest absolute Gasteiger partial charge is 0.381 e. The quantitative estimate of drug-likeness (QED) is 0.773. The second kappa shape index (κ2) is 6.16. The van der Waals surface area contributed by atoms with E-state index >= 15 is 0 Å². The Morgan fingerprint density at radius 3 is 2.72 bits per heavy atom. The van der Waals surface area contributed by atoms with Crippen molar-refractivity contribution in [3.8, 4) is 0 Å². The molecule has 3 heteroatoms. The molecule has 18 heavy (non-hydrogen) atoms. The van der Waals surface area contributed by atoms with Crippen molar-refractivity contribution in [1.82, 2.24) is 0 Å². The summed E-state index contributed by atoms with van der Waals surface area (Å²) in [5.74, 6) is 0.902. The molecule has 0 aromatic heterocycles. The Labute approximate surface area is 110 Å². The molecule has 0 aromatic carbocycles. The van der Waals surface area contributed by atoms with Gasteiger partial charge in [-0.15, -0.1) is 0 Å². The molecule has 0 amide bonds. The second-order valence-corrected chi connectivity index (χ2v) is 5.93. The summed E-state index contributed by atoms with van der Waals surface area (Å²) in [5.41, 5.74) is -0.0528. The Balaban J connectivity index is 1.95. The number of hydrogen-bond acceptors (Lipinski definition) is 3. The van der Waals surface area contributed by atoms with Crippen LogP contribution >= 0.6 is 0 Å². The summed E-state index contributed by atoms with van der Waals surface area (Å²) in [7, 11) is 0. The predicted octanol–water partition coefficient (Wildman–Crippen LogP) is 2.97. The zero-order valence-corrected chi connectivity index (χ0v) is 11.7. The van der Waals surface area contributed by atoms with Gasteiger partial charge in [0, 0.05) is 31.7 Å². The van der Waals surface area contributed by atoms with E-state index < -0.39 is 0 Å². The van der Waals surface area contributed by atoms with E-state index in [1.54, 1.807) is 0 Å². The summed E-state index contributed by atoms with van der Waals surface area (Å²) in [5, 5.41) is 0. The van der Waals surface area contributed by atoms with E-state index in [0.717, 1.165) is 58.3 Å². The van der Waals surface area contributed by atoms with Crippen molar-refractivity contribution in [1.29, 1.82) is 0 Å². The summed E-state index contributed by atoms with van der Waals surface area (Å²) < 4.78 is 11.4. The highest BCUT2D eigenvalue weighted by molar-refractivity contribution is 5.83. The van der Waals surface area contributed by atoms with Crippen molar-refractivity contribution in [3.63, 3.8) is 0 Å². The molecule has 0 aliphatic carbocycles. The first-order valence-corrected chi connectivity index (χ1v) is 7.42. The van der Waals surface area contributed by atoms with Crippen LogP contribution in [-0.4, -0.2) is 31.2 Å². The lowest BCUT2D eigenvalue weighted by atomic mass is 9.76. The highest BCUT2D eigenvalue weighted by atomic mass is 16.5. The maximum absolute atomic E-state index is 12.4. The minimum absolute atomic E-state index is 0.0528. The lowest BCUT2D eigenvalue weighted by Crippen LogP contribution is -2.46. The number of hydrogen-bond donors (Lipinski definition) is 0. The van der Waals surface area contributed by atoms with Crippen LogP contribution in [0.25, 0.3) is 0 Å². The molecule has 2 saturated heterocycles. The number of ether oxygens (including phenoxy) is 2. The molecular weight excluding hydrogens is 228 g/mol. The second-order valence-electron chi connectivity index (χ2n) is 5.93. The Kier molecular flexibility index (Phi) is 4.79. The van der Waals surface area contributed by atoms with Crippen LogP contribution in [0, 0.1) is 11.8 Å². The van der Waals surface area contributed by atoms with Gasteiger partial charge in [-0.25, -0.2) is 0 Å². The van der Waals surface area contributed by atoms with Crippen LogP contribution in [0.3, 0.4) is 0 Å². The lowest BCUT2D eigenvalue weighted by molar-refractivity contribution is -0.158. The van der Waals surface area contributed by atoms with Crippen LogP contribution in [0.2, 0.25) is 0 Å². The highest BCUT2D eigenvalue weighted by Crippen LogP contribution is 2.38. The van der Waals surface area contributed by atoms with Gasteiger partial charge in [-0.2, -0.15) is 0 Å². The van der Waals surface area contributed by atoms with E-state index in [9.17, 15) is 4.79 Å². The number of Topliss-reactive ketones (excluding diaryl/α,β-unsaturated/α-hetero) is 1. The van der Waals surface area contributed by atoms with E-state index in [-0.39, 0.29) is 17.4 Å². The summed E-state index contributed by atoms with van der Waals surface area (Å²) >= 11 is 0. The third kappa shape index (κ3) is 3.12. The van der Waals surface area contributed by atoms with Gasteiger partial charge in [0.25, 0.3) is 0 Å². The first kappa shape index (κ1) is 14.0. The molecule has 0 N–H and O–H groups in total. The van der Waals surface area contributed by atoms with Crippen molar-refractivity contribution < 1.29 is 14.3 Å². The van der Waals surface area contributed by atoms with Crippen LogP contribution in [-0.2, 0) is 14.3 Å². The van der Waals surface area contributed by atoms with Gasteiger partial charge in [0.05, 0.1) is 5.60 Å². The minimum atomic E-state index is -0.0528. The van der Waals surface area contributed by atoms with Crippen molar-refractivity contribution in [2.45, 2.75) is 58.0 Å². The Morgan fingerprint density at radius 1 is 1.33 bits per heavy atom. The highest BCUT2D eigenvalue weighted by Gasteiger charge is 2.41. The zero-order valence-electron chi connectivity index (χ0n) is 11.7. The van der Waals surface area contributed by atoms with Gasteiger partial charge in [0.15, 0.2) is 0 Å². The normalized spacial score (nSPS) is 29.1. The summed E-state index contributed by atoms with van der Waals surface area (Å²) in [6.07, 6.45) is 5.86. The van der Waals surface area contributed by atoms with E-state index in [1.165, 1.54) is 0 Å². The first-order valence-electron chi connectivity index (χ1n) is 7.42. The SMILES string of the molecule is CCCC(C)C(=O)C1CCOC2(CCOCC2)C1. The average Bonchev–Trinajstić information content (AvgIpc) is 2.39. The van der Waals surface area contributed by atoms with Gasteiger partial charge in [0.2, 0.25) is 0 Å². The Bertz CT molecular complexity index is 276. The number of ketones is 1. The molecule has 2 unspecified atom stereocenters. The number of carbonyl (C=O) groups is 1. The molecule has 2 fully saturated rings. The molecule has 2 aliphatic heterocycles. The van der Waals surface area contributed by atoms with Crippen molar-refractivity contribution >= 4 is 5.78 Å². The van der Waals surface area contributed by atoms with Crippen molar-refractivity contribution in [2.24, 2.45) is 11.8 Å². The summed E-state index contributed by atoms with van der Waals surface area (Å²) in [6, 6.07) is 0. The van der Waals surface area contributed by atoms with Gasteiger partial charge in [-0.05, 0) is 32.1 Å². The molecule has 0 radical (unpaired) electrons. The fourth-order valence-corrected chi connectivity index (χ4v) is 3.34. The summed E-state index contributed by atoms with van der Waals surface area (Å²) in [6.45, 7) is 6.54. The third-order valence-corrected chi connectivity index (χ3v) is 4.51. The van der Waals surface area contributed by atoms with Crippen LogP contribution < -0.4 is 0 Å². The molecule has 0 bridgehead atoms. The van der Waals surface area contributed by atoms with Crippen molar-refractivity contribution in [2.75, 3.05) is 19.8 Å². The molecule has 2 atom stereocenters. The topological polar surface area (TPSA) is 35.5 Å². The van der Waals surface area contributed by atoms with Gasteiger partial charge < -0.3 is 9.47 Å². The van der Waals surface area contributed by atoms with E-state index in [2.05, 4.69) is 13.8 Å². The Morgan fingerprint density at radius 2 is 2.06 bits per heavy atom. The molecule has 0 aromatic rings. The Hall–Kier alpha value is -0.410. The maximum Gasteiger partial charge on any atom is 0.138 e. The van der Waals surface area contributed by atoms with Crippen LogP contribution in [0.1, 0.15) is 52.4 Å².